The summed E-state index contributed by atoms with van der Waals surface area (Å²) in [5.41, 5.74) is 4.24. The first-order valence-corrected chi connectivity index (χ1v) is 4.48. The highest BCUT2D eigenvalue weighted by molar-refractivity contribution is 5.42. The molecule has 0 aliphatic rings. The fraction of sp³-hybridized carbons (Fsp3) is 0.333. The number of benzene rings is 1. The third-order valence-corrected chi connectivity index (χ3v) is 2.07. The van der Waals surface area contributed by atoms with Crippen LogP contribution in [0.15, 0.2) is 12.1 Å². The standard InChI is InChI=1S/C9H10F2N2O3/c10-6-3-5(9(14)1-2-12)8(13(15)16)4-7(6)11/h3-4,9,14H,1-2,12H2. The third-order valence-electron chi connectivity index (χ3n) is 2.07. The third kappa shape index (κ3) is 2.50. The van der Waals surface area contributed by atoms with Crippen LogP contribution in [-0.4, -0.2) is 16.6 Å². The van der Waals surface area contributed by atoms with E-state index < -0.39 is 28.3 Å². The molecule has 88 valence electrons. The molecule has 0 saturated carbocycles. The Morgan fingerprint density at radius 1 is 1.44 bits per heavy atom. The Balaban J connectivity index is 3.24. The lowest BCUT2D eigenvalue weighted by molar-refractivity contribution is -0.386. The van der Waals surface area contributed by atoms with Crippen molar-refractivity contribution in [2.24, 2.45) is 5.73 Å². The molecule has 0 heterocycles. The van der Waals surface area contributed by atoms with Crippen molar-refractivity contribution in [1.82, 2.24) is 0 Å². The number of nitro groups is 1. The molecule has 1 rings (SSSR count). The van der Waals surface area contributed by atoms with E-state index in [4.69, 9.17) is 5.73 Å². The topological polar surface area (TPSA) is 89.4 Å². The quantitative estimate of drug-likeness (QED) is 0.604. The Bertz CT molecular complexity index is 412. The number of halogens is 2. The average molecular weight is 232 g/mol. The van der Waals surface area contributed by atoms with Gasteiger partial charge in [0.15, 0.2) is 11.6 Å². The highest BCUT2D eigenvalue weighted by Gasteiger charge is 2.23. The minimum Gasteiger partial charge on any atom is -0.388 e. The number of nitrogens with zero attached hydrogens (tertiary/aromatic N) is 1. The van der Waals surface area contributed by atoms with Crippen molar-refractivity contribution in [3.63, 3.8) is 0 Å². The number of nitrogens with two attached hydrogens (primary N) is 1. The van der Waals surface area contributed by atoms with Crippen molar-refractivity contribution in [1.29, 1.82) is 0 Å². The van der Waals surface area contributed by atoms with Crippen LogP contribution in [0, 0.1) is 21.7 Å². The summed E-state index contributed by atoms with van der Waals surface area (Å²) in [6.07, 6.45) is -1.24. The van der Waals surface area contributed by atoms with Crippen LogP contribution >= 0.6 is 0 Å². The van der Waals surface area contributed by atoms with E-state index in [1.807, 2.05) is 0 Å². The zero-order valence-corrected chi connectivity index (χ0v) is 8.19. The van der Waals surface area contributed by atoms with Crippen molar-refractivity contribution in [3.05, 3.63) is 39.4 Å². The Morgan fingerprint density at radius 3 is 2.50 bits per heavy atom. The lowest BCUT2D eigenvalue weighted by Crippen LogP contribution is -2.09. The maximum atomic E-state index is 12.9. The largest absolute Gasteiger partial charge is 0.388 e. The first-order chi connectivity index (χ1) is 7.47. The van der Waals surface area contributed by atoms with Gasteiger partial charge in [-0.05, 0) is 19.0 Å². The zero-order chi connectivity index (χ0) is 12.3. The second-order valence-corrected chi connectivity index (χ2v) is 3.18. The van der Waals surface area contributed by atoms with E-state index in [2.05, 4.69) is 0 Å². The second kappa shape index (κ2) is 4.95. The van der Waals surface area contributed by atoms with Gasteiger partial charge >= 0.3 is 0 Å². The number of aliphatic hydroxyl groups excluding tert-OH is 1. The highest BCUT2D eigenvalue weighted by Crippen LogP contribution is 2.29. The molecule has 1 unspecified atom stereocenters. The number of nitro benzene ring substituents is 1. The molecule has 0 aliphatic carbocycles. The van der Waals surface area contributed by atoms with Gasteiger partial charge < -0.3 is 10.8 Å². The fourth-order valence-corrected chi connectivity index (χ4v) is 1.29. The molecule has 0 saturated heterocycles. The first kappa shape index (κ1) is 12.5. The molecule has 1 aromatic rings. The Hall–Kier alpha value is -1.60. The predicted octanol–water partition coefficient (Wildman–Crippen LogP) is 1.26. The molecule has 0 bridgehead atoms. The summed E-state index contributed by atoms with van der Waals surface area (Å²) in [5.74, 6) is -2.56. The van der Waals surface area contributed by atoms with Gasteiger partial charge in [-0.25, -0.2) is 8.78 Å². The van der Waals surface area contributed by atoms with Gasteiger partial charge in [0.1, 0.15) is 0 Å². The molecule has 7 heteroatoms. The van der Waals surface area contributed by atoms with Gasteiger partial charge in [0.05, 0.1) is 22.7 Å². The lowest BCUT2D eigenvalue weighted by atomic mass is 10.0. The first-order valence-electron chi connectivity index (χ1n) is 4.48. The summed E-state index contributed by atoms with van der Waals surface area (Å²) >= 11 is 0. The van der Waals surface area contributed by atoms with Gasteiger partial charge in [0.2, 0.25) is 0 Å². The second-order valence-electron chi connectivity index (χ2n) is 3.18. The molecule has 5 nitrogen and oxygen atoms in total. The number of rotatable bonds is 4. The minimum absolute atomic E-state index is 0.0336. The van der Waals surface area contributed by atoms with Crippen LogP contribution in [0.25, 0.3) is 0 Å². The normalized spacial score (nSPS) is 12.5. The molecule has 0 aliphatic heterocycles. The molecule has 16 heavy (non-hydrogen) atoms. The summed E-state index contributed by atoms with van der Waals surface area (Å²) in [6.45, 7) is 0.0807. The van der Waals surface area contributed by atoms with Gasteiger partial charge in [-0.3, -0.25) is 10.1 Å². The van der Waals surface area contributed by atoms with Crippen LogP contribution in [0.3, 0.4) is 0 Å². The van der Waals surface area contributed by atoms with E-state index in [1.165, 1.54) is 0 Å². The maximum Gasteiger partial charge on any atom is 0.278 e. The van der Waals surface area contributed by atoms with Crippen molar-refractivity contribution in [2.75, 3.05) is 6.54 Å². The predicted molar refractivity (Wildman–Crippen MR) is 51.6 cm³/mol. The highest BCUT2D eigenvalue weighted by atomic mass is 19.2. The van der Waals surface area contributed by atoms with Gasteiger partial charge in [-0.15, -0.1) is 0 Å². The zero-order valence-electron chi connectivity index (χ0n) is 8.19. The Labute approximate surface area is 89.6 Å². The van der Waals surface area contributed by atoms with Crippen molar-refractivity contribution in [2.45, 2.75) is 12.5 Å². The van der Waals surface area contributed by atoms with Gasteiger partial charge in [-0.1, -0.05) is 0 Å². The molecule has 0 amide bonds. The molecular weight excluding hydrogens is 222 g/mol. The molecular formula is C9H10F2N2O3. The van der Waals surface area contributed by atoms with Crippen LogP contribution in [0.4, 0.5) is 14.5 Å². The number of hydrogen-bond donors (Lipinski definition) is 2. The van der Waals surface area contributed by atoms with Crippen LogP contribution in [-0.2, 0) is 0 Å². The summed E-state index contributed by atoms with van der Waals surface area (Å²) in [5, 5.41) is 20.1. The van der Waals surface area contributed by atoms with Crippen LogP contribution in [0.5, 0.6) is 0 Å². The van der Waals surface area contributed by atoms with E-state index in [9.17, 15) is 24.0 Å². The van der Waals surface area contributed by atoms with Crippen molar-refractivity contribution < 1.29 is 18.8 Å². The summed E-state index contributed by atoms with van der Waals surface area (Å²) in [6, 6.07) is 1.07. The SMILES string of the molecule is NCCC(O)c1cc(F)c(F)cc1[N+](=O)[O-]. The molecule has 1 aromatic carbocycles. The number of hydrogen-bond acceptors (Lipinski definition) is 4. The monoisotopic (exact) mass is 232 g/mol. The van der Waals surface area contributed by atoms with Gasteiger partial charge in [0.25, 0.3) is 5.69 Å². The van der Waals surface area contributed by atoms with E-state index in [-0.39, 0.29) is 18.5 Å². The van der Waals surface area contributed by atoms with E-state index in [0.717, 1.165) is 0 Å². The average Bonchev–Trinajstić information content (AvgIpc) is 2.21. The molecule has 0 aromatic heterocycles. The smallest absolute Gasteiger partial charge is 0.278 e. The lowest BCUT2D eigenvalue weighted by Gasteiger charge is -2.10. The fourth-order valence-electron chi connectivity index (χ4n) is 1.29. The van der Waals surface area contributed by atoms with E-state index in [1.54, 1.807) is 0 Å². The minimum atomic E-state index is -1.32. The summed E-state index contributed by atoms with van der Waals surface area (Å²) < 4.78 is 25.7. The van der Waals surface area contributed by atoms with Crippen LogP contribution in [0.1, 0.15) is 18.1 Å². The van der Waals surface area contributed by atoms with Crippen molar-refractivity contribution in [3.8, 4) is 0 Å². The van der Waals surface area contributed by atoms with Crippen LogP contribution in [0.2, 0.25) is 0 Å². The van der Waals surface area contributed by atoms with Crippen molar-refractivity contribution >= 4 is 5.69 Å². The van der Waals surface area contributed by atoms with Crippen LogP contribution < -0.4 is 5.73 Å². The maximum absolute atomic E-state index is 12.9. The molecule has 0 fully saturated rings. The summed E-state index contributed by atoms with van der Waals surface area (Å²) in [4.78, 5) is 9.69. The van der Waals surface area contributed by atoms with Gasteiger partial charge in [-0.2, -0.15) is 0 Å². The number of aliphatic hydroxyl groups is 1. The Kier molecular flexibility index (Phi) is 3.86. The molecule has 1 atom stereocenters. The van der Waals surface area contributed by atoms with Gasteiger partial charge in [0, 0.05) is 0 Å². The van der Waals surface area contributed by atoms with E-state index in [0.29, 0.717) is 12.1 Å². The Morgan fingerprint density at radius 2 is 2.00 bits per heavy atom. The molecule has 0 spiro atoms. The summed E-state index contributed by atoms with van der Waals surface area (Å²) in [7, 11) is 0. The molecule has 3 N–H and O–H groups in total. The molecule has 0 radical (unpaired) electrons. The van der Waals surface area contributed by atoms with E-state index >= 15 is 0 Å².